The Kier molecular flexibility index (Phi) is 4.95. The molecular formula is C14H16N2O3S. The molecular weight excluding hydrogens is 276 g/mol. The maximum atomic E-state index is 11.8. The van der Waals surface area contributed by atoms with Gasteiger partial charge in [-0.1, -0.05) is 6.07 Å². The van der Waals surface area contributed by atoms with Gasteiger partial charge in [-0.25, -0.2) is 0 Å². The highest BCUT2D eigenvalue weighted by Crippen LogP contribution is 2.08. The van der Waals surface area contributed by atoms with Gasteiger partial charge in [0.2, 0.25) is 5.91 Å². The van der Waals surface area contributed by atoms with Crippen LogP contribution < -0.4 is 5.32 Å². The van der Waals surface area contributed by atoms with Gasteiger partial charge in [-0.2, -0.15) is 0 Å². The van der Waals surface area contributed by atoms with Gasteiger partial charge in [-0.3, -0.25) is 9.59 Å². The van der Waals surface area contributed by atoms with Crippen molar-refractivity contribution in [2.45, 2.75) is 13.5 Å². The molecule has 2 aromatic rings. The molecule has 0 atom stereocenters. The minimum atomic E-state index is -0.110. The lowest BCUT2D eigenvalue weighted by atomic mass is 10.3. The van der Waals surface area contributed by atoms with E-state index < -0.39 is 0 Å². The Bertz CT molecular complexity index is 549. The lowest BCUT2D eigenvalue weighted by molar-refractivity contribution is -0.129. The minimum Gasteiger partial charge on any atom is -0.467 e. The Morgan fingerprint density at radius 3 is 2.80 bits per heavy atom. The van der Waals surface area contributed by atoms with Gasteiger partial charge in [0.05, 0.1) is 17.7 Å². The molecule has 0 aromatic carbocycles. The van der Waals surface area contributed by atoms with Gasteiger partial charge in [0.15, 0.2) is 0 Å². The second-order valence-corrected chi connectivity index (χ2v) is 5.20. The number of thiophene rings is 1. The summed E-state index contributed by atoms with van der Waals surface area (Å²) in [6, 6.07) is 7.20. The molecule has 0 saturated carbocycles. The third-order valence-corrected chi connectivity index (χ3v) is 3.65. The molecule has 20 heavy (non-hydrogen) atoms. The summed E-state index contributed by atoms with van der Waals surface area (Å²) in [5.41, 5.74) is 0. The van der Waals surface area contributed by atoms with Crippen LogP contribution >= 0.6 is 11.3 Å². The Hall–Kier alpha value is -2.08. The molecule has 1 N–H and O–H groups in total. The molecule has 0 spiro atoms. The molecule has 5 nitrogen and oxygen atoms in total. The van der Waals surface area contributed by atoms with Crippen LogP contribution in [0.5, 0.6) is 0 Å². The fraction of sp³-hybridized carbons (Fsp3) is 0.286. The van der Waals surface area contributed by atoms with Crippen LogP contribution in [0.4, 0.5) is 0 Å². The molecule has 0 saturated heterocycles. The van der Waals surface area contributed by atoms with E-state index in [4.69, 9.17) is 4.42 Å². The maximum absolute atomic E-state index is 11.8. The number of nitrogens with zero attached hydrogens (tertiary/aromatic N) is 1. The fourth-order valence-electron chi connectivity index (χ4n) is 1.74. The highest BCUT2D eigenvalue weighted by Gasteiger charge is 2.12. The van der Waals surface area contributed by atoms with Gasteiger partial charge >= 0.3 is 0 Å². The van der Waals surface area contributed by atoms with Crippen LogP contribution in [-0.4, -0.2) is 29.8 Å². The average Bonchev–Trinajstić information content (AvgIpc) is 3.10. The van der Waals surface area contributed by atoms with E-state index in [1.54, 1.807) is 23.3 Å². The van der Waals surface area contributed by atoms with Crippen LogP contribution in [0.3, 0.4) is 0 Å². The fourth-order valence-corrected chi connectivity index (χ4v) is 2.38. The SMILES string of the molecule is CC(=O)N(CCNC(=O)c1cccs1)Cc1ccco1. The maximum Gasteiger partial charge on any atom is 0.261 e. The predicted molar refractivity (Wildman–Crippen MR) is 76.5 cm³/mol. The Labute approximate surface area is 121 Å². The molecule has 2 rings (SSSR count). The van der Waals surface area contributed by atoms with Gasteiger partial charge in [0, 0.05) is 20.0 Å². The summed E-state index contributed by atoms with van der Waals surface area (Å²) >= 11 is 1.39. The summed E-state index contributed by atoms with van der Waals surface area (Å²) in [6.45, 7) is 2.78. The molecule has 0 bridgehead atoms. The Balaban J connectivity index is 1.80. The van der Waals surface area contributed by atoms with Crippen molar-refractivity contribution in [2.75, 3.05) is 13.1 Å². The zero-order valence-electron chi connectivity index (χ0n) is 11.2. The van der Waals surface area contributed by atoms with Gasteiger partial charge in [-0.05, 0) is 23.6 Å². The summed E-state index contributed by atoms with van der Waals surface area (Å²) in [5.74, 6) is 0.568. The predicted octanol–water partition coefficient (Wildman–Crippen LogP) is 2.12. The summed E-state index contributed by atoms with van der Waals surface area (Å²) < 4.78 is 5.22. The molecule has 0 unspecified atom stereocenters. The monoisotopic (exact) mass is 292 g/mol. The first kappa shape index (κ1) is 14.3. The van der Waals surface area contributed by atoms with Gasteiger partial charge < -0.3 is 14.6 Å². The highest BCUT2D eigenvalue weighted by atomic mass is 32.1. The molecule has 0 aliphatic rings. The van der Waals surface area contributed by atoms with Crippen molar-refractivity contribution in [3.63, 3.8) is 0 Å². The van der Waals surface area contributed by atoms with Crippen LogP contribution in [0.15, 0.2) is 40.3 Å². The van der Waals surface area contributed by atoms with E-state index >= 15 is 0 Å². The summed E-state index contributed by atoms with van der Waals surface area (Å²) in [4.78, 5) is 25.6. The minimum absolute atomic E-state index is 0.0493. The summed E-state index contributed by atoms with van der Waals surface area (Å²) in [6.07, 6.45) is 1.58. The van der Waals surface area contributed by atoms with Crippen molar-refractivity contribution in [3.05, 3.63) is 46.5 Å². The molecule has 2 aromatic heterocycles. The zero-order chi connectivity index (χ0) is 14.4. The lowest BCUT2D eigenvalue weighted by Gasteiger charge is -2.19. The number of furan rings is 1. The number of hydrogen-bond acceptors (Lipinski definition) is 4. The zero-order valence-corrected chi connectivity index (χ0v) is 12.0. The van der Waals surface area contributed by atoms with Crippen LogP contribution in [0.2, 0.25) is 0 Å². The van der Waals surface area contributed by atoms with E-state index in [0.29, 0.717) is 24.5 Å². The second kappa shape index (κ2) is 6.91. The first-order valence-electron chi connectivity index (χ1n) is 6.26. The number of carbonyl (C=O) groups excluding carboxylic acids is 2. The largest absolute Gasteiger partial charge is 0.467 e. The van der Waals surface area contributed by atoms with Crippen LogP contribution in [0.25, 0.3) is 0 Å². The normalized spacial score (nSPS) is 10.2. The first-order chi connectivity index (χ1) is 9.66. The molecule has 106 valence electrons. The van der Waals surface area contributed by atoms with Gasteiger partial charge in [0.25, 0.3) is 5.91 Å². The van der Waals surface area contributed by atoms with Crippen molar-refractivity contribution in [3.8, 4) is 0 Å². The number of carbonyl (C=O) groups is 2. The standard InChI is InChI=1S/C14H16N2O3S/c1-11(17)16(10-12-4-2-8-19-12)7-6-15-14(18)13-5-3-9-20-13/h2-5,8-9H,6-7,10H2,1H3,(H,15,18). The highest BCUT2D eigenvalue weighted by molar-refractivity contribution is 7.12. The molecule has 0 fully saturated rings. The van der Waals surface area contributed by atoms with Crippen molar-refractivity contribution >= 4 is 23.2 Å². The molecule has 0 radical (unpaired) electrons. The molecule has 0 aliphatic carbocycles. The topological polar surface area (TPSA) is 62.6 Å². The molecule has 2 heterocycles. The van der Waals surface area contributed by atoms with E-state index in [9.17, 15) is 9.59 Å². The van der Waals surface area contributed by atoms with E-state index in [-0.39, 0.29) is 11.8 Å². The quantitative estimate of drug-likeness (QED) is 0.887. The number of amides is 2. The van der Waals surface area contributed by atoms with E-state index in [2.05, 4.69) is 5.32 Å². The second-order valence-electron chi connectivity index (χ2n) is 4.25. The Morgan fingerprint density at radius 1 is 1.35 bits per heavy atom. The average molecular weight is 292 g/mol. The number of hydrogen-bond donors (Lipinski definition) is 1. The van der Waals surface area contributed by atoms with Crippen LogP contribution in [-0.2, 0) is 11.3 Å². The van der Waals surface area contributed by atoms with E-state index in [1.165, 1.54) is 18.3 Å². The third-order valence-electron chi connectivity index (χ3n) is 2.78. The van der Waals surface area contributed by atoms with Gasteiger partial charge in [-0.15, -0.1) is 11.3 Å². The number of rotatable bonds is 6. The summed E-state index contributed by atoms with van der Waals surface area (Å²) in [5, 5.41) is 4.65. The Morgan fingerprint density at radius 2 is 2.20 bits per heavy atom. The van der Waals surface area contributed by atoms with Crippen LogP contribution in [0.1, 0.15) is 22.4 Å². The third kappa shape index (κ3) is 3.96. The first-order valence-corrected chi connectivity index (χ1v) is 7.14. The van der Waals surface area contributed by atoms with Crippen molar-refractivity contribution in [2.24, 2.45) is 0 Å². The molecule has 6 heteroatoms. The van der Waals surface area contributed by atoms with Crippen molar-refractivity contribution in [1.29, 1.82) is 0 Å². The van der Waals surface area contributed by atoms with Gasteiger partial charge in [0.1, 0.15) is 5.76 Å². The smallest absolute Gasteiger partial charge is 0.261 e. The van der Waals surface area contributed by atoms with E-state index in [0.717, 1.165) is 5.76 Å². The van der Waals surface area contributed by atoms with Crippen molar-refractivity contribution < 1.29 is 14.0 Å². The van der Waals surface area contributed by atoms with E-state index in [1.807, 2.05) is 17.5 Å². The molecule has 0 aliphatic heterocycles. The van der Waals surface area contributed by atoms with Crippen LogP contribution in [0, 0.1) is 0 Å². The number of nitrogens with one attached hydrogen (secondary N) is 1. The summed E-state index contributed by atoms with van der Waals surface area (Å²) in [7, 11) is 0. The molecule has 2 amide bonds. The lowest BCUT2D eigenvalue weighted by Crippen LogP contribution is -2.36. The van der Waals surface area contributed by atoms with Crippen molar-refractivity contribution in [1.82, 2.24) is 10.2 Å².